The smallest absolute Gasteiger partial charge is 0.137 e. The van der Waals surface area contributed by atoms with Gasteiger partial charge in [-0.05, 0) is 75.5 Å². The van der Waals surface area contributed by atoms with E-state index in [0.29, 0.717) is 4.47 Å². The molecule has 5 heteroatoms. The Morgan fingerprint density at radius 2 is 1.73 bits per heavy atom. The van der Waals surface area contributed by atoms with Crippen LogP contribution in [-0.4, -0.2) is 36.0 Å². The van der Waals surface area contributed by atoms with E-state index in [-0.39, 0.29) is 5.82 Å². The molecule has 1 saturated heterocycles. The van der Waals surface area contributed by atoms with Crippen molar-refractivity contribution < 1.29 is 4.39 Å². The van der Waals surface area contributed by atoms with Crippen molar-refractivity contribution in [2.45, 2.75) is 19.5 Å². The fraction of sp³-hybridized carbons (Fsp3) is 0.412. The lowest BCUT2D eigenvalue weighted by Crippen LogP contribution is -2.30. The van der Waals surface area contributed by atoms with Crippen molar-refractivity contribution in [3.8, 4) is 0 Å². The van der Waals surface area contributed by atoms with Crippen LogP contribution in [0.4, 0.5) is 4.39 Å². The Morgan fingerprint density at radius 1 is 1.00 bits per heavy atom. The van der Waals surface area contributed by atoms with E-state index in [1.165, 1.54) is 17.5 Å². The number of rotatable bonds is 4. The van der Waals surface area contributed by atoms with Crippen molar-refractivity contribution in [2.24, 2.45) is 0 Å². The summed E-state index contributed by atoms with van der Waals surface area (Å²) in [5, 5.41) is 4.38. The van der Waals surface area contributed by atoms with Crippen LogP contribution < -0.4 is 0 Å². The Bertz CT molecular complexity index is 603. The highest BCUT2D eigenvalue weighted by atomic mass is 79.9. The monoisotopic (exact) mass is 382 g/mol. The van der Waals surface area contributed by atoms with Crippen LogP contribution in [0.2, 0.25) is 0 Å². The van der Waals surface area contributed by atoms with Crippen LogP contribution in [0.15, 0.2) is 39.5 Å². The molecule has 0 amide bonds. The van der Waals surface area contributed by atoms with E-state index in [4.69, 9.17) is 0 Å². The summed E-state index contributed by atoms with van der Waals surface area (Å²) in [7, 11) is 0. The Balaban J connectivity index is 1.54. The van der Waals surface area contributed by atoms with Crippen molar-refractivity contribution in [3.63, 3.8) is 0 Å². The molecule has 0 bridgehead atoms. The quantitative estimate of drug-likeness (QED) is 0.774. The van der Waals surface area contributed by atoms with Crippen molar-refractivity contribution in [2.75, 3.05) is 26.2 Å². The van der Waals surface area contributed by atoms with Gasteiger partial charge in [0.25, 0.3) is 0 Å². The Hall–Kier alpha value is -0.750. The standard InChI is InChI=1S/C17H20BrFN2S/c18-16-10-14(2-3-17(16)19)11-20-5-1-6-21(8-7-20)12-15-4-9-22-13-15/h2-4,9-10,13H,1,5-8,11-12H2. The maximum atomic E-state index is 13.3. The molecule has 1 fully saturated rings. The van der Waals surface area contributed by atoms with Gasteiger partial charge in [-0.2, -0.15) is 11.3 Å². The zero-order valence-electron chi connectivity index (χ0n) is 12.5. The van der Waals surface area contributed by atoms with Gasteiger partial charge < -0.3 is 0 Å². The summed E-state index contributed by atoms with van der Waals surface area (Å²) in [5.41, 5.74) is 2.58. The lowest BCUT2D eigenvalue weighted by Gasteiger charge is -2.21. The molecule has 1 aromatic carbocycles. The molecule has 118 valence electrons. The first-order chi connectivity index (χ1) is 10.7. The second kappa shape index (κ2) is 7.68. The molecule has 0 atom stereocenters. The van der Waals surface area contributed by atoms with Gasteiger partial charge in [-0.1, -0.05) is 6.07 Å². The summed E-state index contributed by atoms with van der Waals surface area (Å²) in [4.78, 5) is 5.00. The topological polar surface area (TPSA) is 6.48 Å². The van der Waals surface area contributed by atoms with E-state index in [0.717, 1.165) is 39.3 Å². The number of nitrogens with zero attached hydrogens (tertiary/aromatic N) is 2. The molecular weight excluding hydrogens is 363 g/mol. The third-order valence-electron chi connectivity index (χ3n) is 4.06. The molecule has 1 aliphatic heterocycles. The van der Waals surface area contributed by atoms with Gasteiger partial charge in [0.1, 0.15) is 5.82 Å². The number of benzene rings is 1. The highest BCUT2D eigenvalue weighted by molar-refractivity contribution is 9.10. The molecule has 0 N–H and O–H groups in total. The van der Waals surface area contributed by atoms with Gasteiger partial charge in [-0.3, -0.25) is 9.80 Å². The molecule has 0 aliphatic carbocycles. The van der Waals surface area contributed by atoms with E-state index < -0.39 is 0 Å². The van der Waals surface area contributed by atoms with Crippen LogP contribution in [0.25, 0.3) is 0 Å². The summed E-state index contributed by atoms with van der Waals surface area (Å²) in [6, 6.07) is 7.53. The Morgan fingerprint density at radius 3 is 2.36 bits per heavy atom. The van der Waals surface area contributed by atoms with Gasteiger partial charge in [0, 0.05) is 26.2 Å². The highest BCUT2D eigenvalue weighted by Crippen LogP contribution is 2.19. The minimum Gasteiger partial charge on any atom is -0.298 e. The largest absolute Gasteiger partial charge is 0.298 e. The molecule has 2 nitrogen and oxygen atoms in total. The molecule has 2 heterocycles. The van der Waals surface area contributed by atoms with Crippen molar-refractivity contribution in [3.05, 3.63) is 56.4 Å². The number of halogens is 2. The summed E-state index contributed by atoms with van der Waals surface area (Å²) in [6.45, 7) is 6.37. The van der Waals surface area contributed by atoms with Gasteiger partial charge in [0.2, 0.25) is 0 Å². The normalized spacial score (nSPS) is 17.5. The minimum absolute atomic E-state index is 0.193. The average molecular weight is 383 g/mol. The zero-order chi connectivity index (χ0) is 15.4. The fourth-order valence-corrected chi connectivity index (χ4v) is 3.96. The second-order valence-corrected chi connectivity index (χ2v) is 7.42. The van der Waals surface area contributed by atoms with E-state index in [1.54, 1.807) is 17.4 Å². The SMILES string of the molecule is Fc1ccc(CN2CCCN(Cc3ccsc3)CC2)cc1Br. The summed E-state index contributed by atoms with van der Waals surface area (Å²) >= 11 is 5.03. The molecule has 0 unspecified atom stereocenters. The predicted molar refractivity (Wildman–Crippen MR) is 93.6 cm³/mol. The zero-order valence-corrected chi connectivity index (χ0v) is 14.9. The number of thiophene rings is 1. The van der Waals surface area contributed by atoms with Crippen LogP contribution in [0.1, 0.15) is 17.5 Å². The molecule has 0 spiro atoms. The Labute approximate surface area is 143 Å². The van der Waals surface area contributed by atoms with Gasteiger partial charge in [0.05, 0.1) is 4.47 Å². The van der Waals surface area contributed by atoms with Crippen molar-refractivity contribution in [1.82, 2.24) is 9.80 Å². The van der Waals surface area contributed by atoms with E-state index in [9.17, 15) is 4.39 Å². The lowest BCUT2D eigenvalue weighted by atomic mass is 10.2. The first-order valence-electron chi connectivity index (χ1n) is 7.60. The third kappa shape index (κ3) is 4.38. The van der Waals surface area contributed by atoms with Crippen LogP contribution in [0.3, 0.4) is 0 Å². The molecule has 22 heavy (non-hydrogen) atoms. The van der Waals surface area contributed by atoms with Gasteiger partial charge >= 0.3 is 0 Å². The van der Waals surface area contributed by atoms with Crippen molar-refractivity contribution >= 4 is 27.3 Å². The molecule has 1 aromatic heterocycles. The van der Waals surface area contributed by atoms with Crippen molar-refractivity contribution in [1.29, 1.82) is 0 Å². The molecule has 0 saturated carbocycles. The van der Waals surface area contributed by atoms with Gasteiger partial charge in [0.15, 0.2) is 0 Å². The Kier molecular flexibility index (Phi) is 5.63. The number of hydrogen-bond acceptors (Lipinski definition) is 3. The van der Waals surface area contributed by atoms with E-state index in [2.05, 4.69) is 42.6 Å². The number of hydrogen-bond donors (Lipinski definition) is 0. The second-order valence-electron chi connectivity index (χ2n) is 5.79. The summed E-state index contributed by atoms with van der Waals surface area (Å²) < 4.78 is 13.9. The van der Waals surface area contributed by atoms with E-state index >= 15 is 0 Å². The first kappa shape index (κ1) is 16.1. The third-order valence-corrected chi connectivity index (χ3v) is 5.40. The van der Waals surface area contributed by atoms with Gasteiger partial charge in [-0.25, -0.2) is 4.39 Å². The van der Waals surface area contributed by atoms with Crippen LogP contribution in [-0.2, 0) is 13.1 Å². The predicted octanol–water partition coefficient (Wildman–Crippen LogP) is 4.36. The molecule has 1 aliphatic rings. The van der Waals surface area contributed by atoms with Crippen LogP contribution >= 0.6 is 27.3 Å². The molecule has 0 radical (unpaired) electrons. The van der Waals surface area contributed by atoms with Gasteiger partial charge in [-0.15, -0.1) is 0 Å². The summed E-state index contributed by atoms with van der Waals surface area (Å²) in [5.74, 6) is -0.193. The lowest BCUT2D eigenvalue weighted by molar-refractivity contribution is 0.247. The highest BCUT2D eigenvalue weighted by Gasteiger charge is 2.15. The maximum absolute atomic E-state index is 13.3. The average Bonchev–Trinajstić information content (AvgIpc) is 2.91. The van der Waals surface area contributed by atoms with Crippen LogP contribution in [0, 0.1) is 5.82 Å². The van der Waals surface area contributed by atoms with E-state index in [1.807, 2.05) is 12.1 Å². The first-order valence-corrected chi connectivity index (χ1v) is 9.34. The molecule has 3 rings (SSSR count). The summed E-state index contributed by atoms with van der Waals surface area (Å²) in [6.07, 6.45) is 1.19. The van der Waals surface area contributed by atoms with Crippen LogP contribution in [0.5, 0.6) is 0 Å². The maximum Gasteiger partial charge on any atom is 0.137 e. The fourth-order valence-electron chi connectivity index (χ4n) is 2.88. The molecular formula is C17H20BrFN2S. The minimum atomic E-state index is -0.193. The molecule has 2 aromatic rings.